The summed E-state index contributed by atoms with van der Waals surface area (Å²) in [4.78, 5) is 34.5. The smallest absolute Gasteiger partial charge is 0.338 e. The summed E-state index contributed by atoms with van der Waals surface area (Å²) in [5.41, 5.74) is 0.142. The van der Waals surface area contributed by atoms with Crippen molar-refractivity contribution in [3.05, 3.63) is 62.5 Å². The van der Waals surface area contributed by atoms with Gasteiger partial charge in [0.2, 0.25) is 0 Å². The average molecular weight is 529 g/mol. The number of hydrogen-bond donors (Lipinski definition) is 2. The maximum atomic E-state index is 14.3. The standard InChI is InChI=1S/C22H20ClF3N4O4S/c1-34-21(33)15-13(9-30-10-22(25,26)6-5-14(30)20(31)32)28-18(19-27-7-8-35-19)29-17(15)11-3-2-4-12(24)16(11)23/h2-4,7-8,14,17H,5-6,9-10H2,1H3,(H,28,29)(H,31,32)/t14-,17+/m1/s1. The first-order valence-corrected chi connectivity index (χ1v) is 11.7. The minimum atomic E-state index is -3.11. The van der Waals surface area contributed by atoms with Crippen molar-refractivity contribution in [2.75, 3.05) is 20.2 Å². The summed E-state index contributed by atoms with van der Waals surface area (Å²) in [5.74, 6) is -5.75. The van der Waals surface area contributed by atoms with Crippen molar-refractivity contribution in [3.63, 3.8) is 0 Å². The zero-order chi connectivity index (χ0) is 25.3. The van der Waals surface area contributed by atoms with Crippen LogP contribution in [0.2, 0.25) is 5.02 Å². The molecule has 186 valence electrons. The topological polar surface area (TPSA) is 104 Å². The zero-order valence-electron chi connectivity index (χ0n) is 18.3. The minimum absolute atomic E-state index is 0.0892. The number of alkyl halides is 2. The van der Waals surface area contributed by atoms with Gasteiger partial charge in [-0.15, -0.1) is 11.3 Å². The Morgan fingerprint density at radius 3 is 2.83 bits per heavy atom. The molecule has 2 aliphatic heterocycles. The van der Waals surface area contributed by atoms with E-state index in [0.717, 1.165) is 18.1 Å². The summed E-state index contributed by atoms with van der Waals surface area (Å²) in [6.07, 6.45) is 0.694. The molecule has 0 bridgehead atoms. The molecule has 2 atom stereocenters. The van der Waals surface area contributed by atoms with Gasteiger partial charge in [-0.2, -0.15) is 0 Å². The Kier molecular flexibility index (Phi) is 7.15. The number of nitrogens with zero attached hydrogens (tertiary/aromatic N) is 3. The highest BCUT2D eigenvalue weighted by molar-refractivity contribution is 7.11. The van der Waals surface area contributed by atoms with Gasteiger partial charge in [-0.25, -0.2) is 22.9 Å². The largest absolute Gasteiger partial charge is 0.480 e. The van der Waals surface area contributed by atoms with Crippen molar-refractivity contribution in [2.24, 2.45) is 4.99 Å². The fourth-order valence-electron chi connectivity index (χ4n) is 4.14. The van der Waals surface area contributed by atoms with Crippen molar-refractivity contribution >= 4 is 40.7 Å². The first-order valence-electron chi connectivity index (χ1n) is 10.5. The maximum absolute atomic E-state index is 14.3. The van der Waals surface area contributed by atoms with E-state index in [2.05, 4.69) is 15.3 Å². The van der Waals surface area contributed by atoms with Crippen molar-refractivity contribution in [2.45, 2.75) is 30.8 Å². The third-order valence-corrected chi connectivity index (χ3v) is 6.93. The number of thiazole rings is 1. The number of benzene rings is 1. The molecule has 3 heterocycles. The summed E-state index contributed by atoms with van der Waals surface area (Å²) in [5, 5.41) is 14.4. The number of likely N-dealkylation sites (tertiary alicyclic amines) is 1. The molecular weight excluding hydrogens is 509 g/mol. The van der Waals surface area contributed by atoms with Crippen molar-refractivity contribution < 1.29 is 32.6 Å². The van der Waals surface area contributed by atoms with Crippen molar-refractivity contribution in [1.29, 1.82) is 0 Å². The molecule has 0 amide bonds. The second-order valence-corrected chi connectivity index (χ2v) is 9.30. The summed E-state index contributed by atoms with van der Waals surface area (Å²) in [6.45, 7) is -1.18. The predicted octanol–water partition coefficient (Wildman–Crippen LogP) is 3.64. The number of piperidine rings is 1. The highest BCUT2D eigenvalue weighted by Gasteiger charge is 2.44. The minimum Gasteiger partial charge on any atom is -0.480 e. The van der Waals surface area contributed by atoms with Crippen molar-refractivity contribution in [1.82, 2.24) is 15.2 Å². The van der Waals surface area contributed by atoms with Gasteiger partial charge < -0.3 is 15.2 Å². The number of carboxylic acids is 1. The predicted molar refractivity (Wildman–Crippen MR) is 122 cm³/mol. The first kappa shape index (κ1) is 25.1. The number of aliphatic carboxylic acids is 1. The highest BCUT2D eigenvalue weighted by atomic mass is 35.5. The van der Waals surface area contributed by atoms with Crippen LogP contribution >= 0.6 is 22.9 Å². The van der Waals surface area contributed by atoms with Gasteiger partial charge in [0.05, 0.1) is 24.3 Å². The van der Waals surface area contributed by atoms with E-state index in [-0.39, 0.29) is 40.7 Å². The van der Waals surface area contributed by atoms with Crippen molar-refractivity contribution in [3.8, 4) is 0 Å². The number of ether oxygens (including phenoxy) is 1. The number of amidine groups is 1. The van der Waals surface area contributed by atoms with Gasteiger partial charge in [-0.1, -0.05) is 23.7 Å². The zero-order valence-corrected chi connectivity index (χ0v) is 19.9. The average Bonchev–Trinajstić information content (AvgIpc) is 3.34. The van der Waals surface area contributed by atoms with Crippen LogP contribution in [-0.4, -0.2) is 64.9 Å². The molecule has 13 heteroatoms. The fourth-order valence-corrected chi connectivity index (χ4v) is 4.96. The number of carbonyl (C=O) groups is 2. The molecule has 2 aliphatic rings. The Labute approximate surface area is 207 Å². The number of esters is 1. The molecule has 0 radical (unpaired) electrons. The van der Waals surface area contributed by atoms with E-state index in [1.807, 2.05) is 0 Å². The molecule has 0 spiro atoms. The monoisotopic (exact) mass is 528 g/mol. The molecule has 35 heavy (non-hydrogen) atoms. The van der Waals surface area contributed by atoms with Crippen LogP contribution in [0.3, 0.4) is 0 Å². The Balaban J connectivity index is 1.85. The fraction of sp³-hybridized carbons (Fsp3) is 0.364. The van der Waals surface area contributed by atoms with Gasteiger partial charge in [0.25, 0.3) is 5.92 Å². The third-order valence-electron chi connectivity index (χ3n) is 5.75. The molecule has 1 saturated heterocycles. The van der Waals surface area contributed by atoms with Gasteiger partial charge >= 0.3 is 11.9 Å². The SMILES string of the molecule is COC(=O)C1=C(CN2CC(F)(F)CC[C@@H]2C(=O)O)NC(c2nccs2)=N[C@H]1c1cccc(F)c1Cl. The summed E-state index contributed by atoms with van der Waals surface area (Å²) in [6, 6.07) is 1.68. The number of hydrogen-bond acceptors (Lipinski definition) is 8. The highest BCUT2D eigenvalue weighted by Crippen LogP contribution is 2.38. The second kappa shape index (κ2) is 9.96. The summed E-state index contributed by atoms with van der Waals surface area (Å²) in [7, 11) is 1.13. The lowest BCUT2D eigenvalue weighted by Crippen LogP contribution is -2.54. The van der Waals surface area contributed by atoms with Crippen LogP contribution in [0.25, 0.3) is 0 Å². The normalized spacial score (nSPS) is 22.4. The second-order valence-electron chi connectivity index (χ2n) is 8.02. The first-order chi connectivity index (χ1) is 16.6. The molecule has 2 N–H and O–H groups in total. The van der Waals surface area contributed by atoms with E-state index in [1.54, 1.807) is 5.38 Å². The molecule has 0 unspecified atom stereocenters. The third kappa shape index (κ3) is 5.19. The van der Waals surface area contributed by atoms with Gasteiger partial charge in [-0.05, 0) is 12.5 Å². The lowest BCUT2D eigenvalue weighted by Gasteiger charge is -2.38. The molecule has 1 fully saturated rings. The Bertz CT molecular complexity index is 1210. The summed E-state index contributed by atoms with van der Waals surface area (Å²) >= 11 is 7.44. The van der Waals surface area contributed by atoms with E-state index < -0.39 is 48.7 Å². The Morgan fingerprint density at radius 1 is 1.40 bits per heavy atom. The number of aliphatic imine (C=N–C) groups is 1. The molecule has 1 aromatic carbocycles. The molecule has 0 aliphatic carbocycles. The number of aromatic nitrogens is 1. The number of methoxy groups -OCH3 is 1. The number of nitrogens with one attached hydrogen (secondary N) is 1. The van der Waals surface area contributed by atoms with E-state index in [9.17, 15) is 27.9 Å². The number of rotatable bonds is 6. The molecule has 4 rings (SSSR count). The van der Waals surface area contributed by atoms with Gasteiger partial charge in [0, 0.05) is 35.8 Å². The Hall–Kier alpha value is -2.96. The van der Waals surface area contributed by atoms with E-state index >= 15 is 0 Å². The lowest BCUT2D eigenvalue weighted by atomic mass is 9.93. The van der Waals surface area contributed by atoms with Crippen LogP contribution in [-0.2, 0) is 14.3 Å². The van der Waals surface area contributed by atoms with E-state index in [0.29, 0.717) is 5.01 Å². The van der Waals surface area contributed by atoms with E-state index in [1.165, 1.54) is 29.7 Å². The maximum Gasteiger partial charge on any atom is 0.338 e. The Morgan fingerprint density at radius 2 is 2.17 bits per heavy atom. The number of carboxylic acid groups (broad SMARTS) is 1. The number of halogens is 4. The van der Waals surface area contributed by atoms with Crippen LogP contribution in [0.1, 0.15) is 29.5 Å². The molecule has 2 aromatic rings. The number of carbonyl (C=O) groups excluding carboxylic acids is 1. The molecular formula is C22H20ClF3N4O4S. The van der Waals surface area contributed by atoms with Gasteiger partial charge in [0.15, 0.2) is 10.8 Å². The molecule has 1 aromatic heterocycles. The van der Waals surface area contributed by atoms with Gasteiger partial charge in [-0.3, -0.25) is 14.7 Å². The summed E-state index contributed by atoms with van der Waals surface area (Å²) < 4.78 is 47.8. The van der Waals surface area contributed by atoms with Crippen LogP contribution < -0.4 is 5.32 Å². The van der Waals surface area contributed by atoms with Crippen LogP contribution in [0, 0.1) is 5.82 Å². The van der Waals surface area contributed by atoms with Crippen LogP contribution in [0.15, 0.2) is 46.0 Å². The lowest BCUT2D eigenvalue weighted by molar-refractivity contribution is -0.151. The van der Waals surface area contributed by atoms with E-state index in [4.69, 9.17) is 16.3 Å². The molecule has 8 nitrogen and oxygen atoms in total. The molecule has 0 saturated carbocycles. The van der Waals surface area contributed by atoms with Crippen LogP contribution in [0.5, 0.6) is 0 Å². The quantitative estimate of drug-likeness (QED) is 0.552. The van der Waals surface area contributed by atoms with Crippen LogP contribution in [0.4, 0.5) is 13.2 Å². The van der Waals surface area contributed by atoms with Gasteiger partial charge in [0.1, 0.15) is 17.9 Å².